The predicted octanol–water partition coefficient (Wildman–Crippen LogP) is 1.47. The lowest BCUT2D eigenvalue weighted by atomic mass is 10.1. The summed E-state index contributed by atoms with van der Waals surface area (Å²) in [6.45, 7) is 2.49. The number of rotatable bonds is 3. The number of benzene rings is 1. The SMILES string of the molecule is Cc1ccn(-c2ccccc2NC(=O)N2CCC[C@H](S(N)(=O)=O)C2)n1. The summed E-state index contributed by atoms with van der Waals surface area (Å²) in [6, 6.07) is 8.85. The van der Waals surface area contributed by atoms with Crippen molar-refractivity contribution in [1.29, 1.82) is 0 Å². The van der Waals surface area contributed by atoms with Crippen LogP contribution in [0.2, 0.25) is 0 Å². The molecular weight excluding hydrogens is 342 g/mol. The minimum absolute atomic E-state index is 0.105. The number of urea groups is 1. The Morgan fingerprint density at radius 3 is 2.76 bits per heavy atom. The number of aromatic nitrogens is 2. The van der Waals surface area contributed by atoms with E-state index < -0.39 is 15.3 Å². The molecule has 1 aromatic carbocycles. The Bertz CT molecular complexity index is 877. The van der Waals surface area contributed by atoms with Gasteiger partial charge in [-0.2, -0.15) is 5.10 Å². The maximum Gasteiger partial charge on any atom is 0.321 e. The molecule has 0 bridgehead atoms. The highest BCUT2D eigenvalue weighted by molar-refractivity contribution is 7.89. The zero-order valence-electron chi connectivity index (χ0n) is 13.9. The standard InChI is InChI=1S/C16H21N5O3S/c1-12-8-10-21(19-12)15-7-3-2-6-14(15)18-16(22)20-9-4-5-13(11-20)25(17,23)24/h2-3,6-8,10,13H,4-5,9,11H2,1H3,(H,18,22)(H2,17,23,24)/t13-/m0/s1. The lowest BCUT2D eigenvalue weighted by molar-refractivity contribution is 0.200. The van der Waals surface area contributed by atoms with Crippen LogP contribution in [0.25, 0.3) is 5.69 Å². The normalized spacial score (nSPS) is 18.2. The van der Waals surface area contributed by atoms with Crippen molar-refractivity contribution in [2.75, 3.05) is 18.4 Å². The van der Waals surface area contributed by atoms with E-state index in [1.54, 1.807) is 10.7 Å². The highest BCUT2D eigenvalue weighted by Gasteiger charge is 2.30. The predicted molar refractivity (Wildman–Crippen MR) is 95.0 cm³/mol. The van der Waals surface area contributed by atoms with Crippen LogP contribution in [-0.4, -0.2) is 47.5 Å². The summed E-state index contributed by atoms with van der Waals surface area (Å²) < 4.78 is 24.8. The maximum absolute atomic E-state index is 12.6. The number of nitrogens with one attached hydrogen (secondary N) is 1. The van der Waals surface area contributed by atoms with E-state index in [0.29, 0.717) is 25.1 Å². The van der Waals surface area contributed by atoms with Gasteiger partial charge >= 0.3 is 6.03 Å². The number of para-hydroxylation sites is 2. The van der Waals surface area contributed by atoms with E-state index in [9.17, 15) is 13.2 Å². The van der Waals surface area contributed by atoms with Crippen LogP contribution < -0.4 is 10.5 Å². The first-order valence-corrected chi connectivity index (χ1v) is 9.65. The molecule has 1 aliphatic rings. The van der Waals surface area contributed by atoms with Crippen LogP contribution >= 0.6 is 0 Å². The van der Waals surface area contributed by atoms with Gasteiger partial charge < -0.3 is 10.2 Å². The molecule has 1 aromatic heterocycles. The van der Waals surface area contributed by atoms with E-state index >= 15 is 0 Å². The summed E-state index contributed by atoms with van der Waals surface area (Å²) in [5.41, 5.74) is 2.21. The maximum atomic E-state index is 12.6. The third-order valence-corrected chi connectivity index (χ3v) is 5.56. The second kappa shape index (κ2) is 6.85. The number of anilines is 1. The molecule has 8 nitrogen and oxygen atoms in total. The van der Waals surface area contributed by atoms with Crippen molar-refractivity contribution in [3.05, 3.63) is 42.2 Å². The van der Waals surface area contributed by atoms with Crippen LogP contribution in [0.1, 0.15) is 18.5 Å². The van der Waals surface area contributed by atoms with E-state index in [1.165, 1.54) is 4.90 Å². The molecule has 1 aliphatic heterocycles. The van der Waals surface area contributed by atoms with Crippen LogP contribution in [0.3, 0.4) is 0 Å². The van der Waals surface area contributed by atoms with E-state index in [4.69, 9.17) is 5.14 Å². The van der Waals surface area contributed by atoms with Crippen molar-refractivity contribution < 1.29 is 13.2 Å². The number of aryl methyl sites for hydroxylation is 1. The molecule has 0 spiro atoms. The molecule has 0 unspecified atom stereocenters. The fourth-order valence-corrected chi connectivity index (χ4v) is 3.80. The number of nitrogens with two attached hydrogens (primary N) is 1. The fourth-order valence-electron chi connectivity index (χ4n) is 2.91. The Balaban J connectivity index is 1.78. The molecule has 0 saturated carbocycles. The third kappa shape index (κ3) is 3.99. The molecule has 134 valence electrons. The van der Waals surface area contributed by atoms with Gasteiger partial charge in [0.15, 0.2) is 0 Å². The van der Waals surface area contributed by atoms with Gasteiger partial charge in [-0.3, -0.25) is 0 Å². The number of carbonyl (C=O) groups is 1. The van der Waals surface area contributed by atoms with Gasteiger partial charge in [-0.1, -0.05) is 12.1 Å². The van der Waals surface area contributed by atoms with Crippen molar-refractivity contribution in [3.63, 3.8) is 0 Å². The lowest BCUT2D eigenvalue weighted by Crippen LogP contribution is -2.48. The highest BCUT2D eigenvalue weighted by atomic mass is 32.2. The number of nitrogens with zero attached hydrogens (tertiary/aromatic N) is 3. The van der Waals surface area contributed by atoms with Gasteiger partial charge in [0, 0.05) is 19.3 Å². The van der Waals surface area contributed by atoms with Crippen molar-refractivity contribution in [3.8, 4) is 5.69 Å². The van der Waals surface area contributed by atoms with Gasteiger partial charge in [0.2, 0.25) is 10.0 Å². The summed E-state index contributed by atoms with van der Waals surface area (Å²) in [5, 5.41) is 11.7. The van der Waals surface area contributed by atoms with Crippen LogP contribution in [0.4, 0.5) is 10.5 Å². The number of amides is 2. The fraction of sp³-hybridized carbons (Fsp3) is 0.375. The van der Waals surface area contributed by atoms with E-state index in [-0.39, 0.29) is 12.6 Å². The average Bonchev–Trinajstić information content (AvgIpc) is 3.01. The zero-order chi connectivity index (χ0) is 18.0. The lowest BCUT2D eigenvalue weighted by Gasteiger charge is -2.31. The van der Waals surface area contributed by atoms with Gasteiger partial charge in [-0.05, 0) is 38.0 Å². The monoisotopic (exact) mass is 363 g/mol. The number of hydrogen-bond donors (Lipinski definition) is 2. The Morgan fingerprint density at radius 1 is 1.32 bits per heavy atom. The second-order valence-electron chi connectivity index (χ2n) is 6.15. The van der Waals surface area contributed by atoms with E-state index in [1.807, 2.05) is 37.4 Å². The van der Waals surface area contributed by atoms with Gasteiger partial charge in [0.25, 0.3) is 0 Å². The molecule has 3 N–H and O–H groups in total. The highest BCUT2D eigenvalue weighted by Crippen LogP contribution is 2.21. The molecule has 1 atom stereocenters. The topological polar surface area (TPSA) is 110 Å². The number of hydrogen-bond acceptors (Lipinski definition) is 4. The Hall–Kier alpha value is -2.39. The van der Waals surface area contributed by atoms with E-state index in [2.05, 4.69) is 10.4 Å². The summed E-state index contributed by atoms with van der Waals surface area (Å²) >= 11 is 0. The first-order chi connectivity index (χ1) is 11.8. The van der Waals surface area contributed by atoms with Crippen molar-refractivity contribution in [1.82, 2.24) is 14.7 Å². The summed E-state index contributed by atoms with van der Waals surface area (Å²) in [7, 11) is -3.65. The second-order valence-corrected chi connectivity index (χ2v) is 7.99. The molecule has 3 rings (SSSR count). The average molecular weight is 363 g/mol. The van der Waals surface area contributed by atoms with Crippen LogP contribution in [0.15, 0.2) is 36.5 Å². The van der Waals surface area contributed by atoms with Gasteiger partial charge in [-0.25, -0.2) is 23.0 Å². The van der Waals surface area contributed by atoms with Gasteiger partial charge in [0.05, 0.1) is 22.3 Å². The van der Waals surface area contributed by atoms with Crippen LogP contribution in [0, 0.1) is 6.92 Å². The summed E-state index contributed by atoms with van der Waals surface area (Å²) in [6.07, 6.45) is 2.90. The molecule has 9 heteroatoms. The van der Waals surface area contributed by atoms with Gasteiger partial charge in [-0.15, -0.1) is 0 Å². The molecule has 1 fully saturated rings. The number of piperidine rings is 1. The smallest absolute Gasteiger partial charge is 0.321 e. The molecule has 2 amide bonds. The largest absolute Gasteiger partial charge is 0.323 e. The summed E-state index contributed by atoms with van der Waals surface area (Å²) in [4.78, 5) is 14.1. The van der Waals surface area contributed by atoms with E-state index in [0.717, 1.165) is 11.4 Å². The zero-order valence-corrected chi connectivity index (χ0v) is 14.7. The minimum Gasteiger partial charge on any atom is -0.323 e. The molecule has 2 aromatic rings. The number of likely N-dealkylation sites (tertiary alicyclic amines) is 1. The molecule has 2 heterocycles. The van der Waals surface area contributed by atoms with Crippen LogP contribution in [0.5, 0.6) is 0 Å². The first kappa shape index (κ1) is 17.4. The first-order valence-electron chi connectivity index (χ1n) is 8.04. The van der Waals surface area contributed by atoms with Gasteiger partial charge in [0.1, 0.15) is 0 Å². The summed E-state index contributed by atoms with van der Waals surface area (Å²) in [5.74, 6) is 0. The van der Waals surface area contributed by atoms with Crippen molar-refractivity contribution >= 4 is 21.7 Å². The number of sulfonamides is 1. The number of carbonyl (C=O) groups excluding carboxylic acids is 1. The quantitative estimate of drug-likeness (QED) is 0.860. The Morgan fingerprint density at radius 2 is 2.08 bits per heavy atom. The van der Waals surface area contributed by atoms with Crippen LogP contribution in [-0.2, 0) is 10.0 Å². The molecule has 1 saturated heterocycles. The molecule has 0 radical (unpaired) electrons. The molecule has 0 aliphatic carbocycles. The Labute approximate surface area is 146 Å². The molecular formula is C16H21N5O3S. The van der Waals surface area contributed by atoms with Crippen molar-refractivity contribution in [2.24, 2.45) is 5.14 Å². The minimum atomic E-state index is -3.65. The Kier molecular flexibility index (Phi) is 4.78. The van der Waals surface area contributed by atoms with Crippen molar-refractivity contribution in [2.45, 2.75) is 25.0 Å². The third-order valence-electron chi connectivity index (χ3n) is 4.24. The number of primary sulfonamides is 1. The molecule has 25 heavy (non-hydrogen) atoms.